The number of amides is 2. The lowest BCUT2D eigenvalue weighted by atomic mass is 9.84. The molecule has 1 unspecified atom stereocenters. The van der Waals surface area contributed by atoms with Gasteiger partial charge < -0.3 is 4.57 Å². The Morgan fingerprint density at radius 2 is 1.95 bits per heavy atom. The number of imide groups is 1. The SMILES string of the molecule is Cn1cc(C2CCC(=O)NC2=O)c2cccc(C(C)(C)C)c21. The van der Waals surface area contributed by atoms with Gasteiger partial charge in [-0.05, 0) is 23.0 Å². The minimum absolute atomic E-state index is 0.0354. The Balaban J connectivity index is 2.17. The predicted octanol–water partition coefficient (Wildman–Crippen LogP) is 3.00. The van der Waals surface area contributed by atoms with Crippen molar-refractivity contribution in [2.75, 3.05) is 0 Å². The number of aromatic nitrogens is 1. The number of nitrogens with one attached hydrogen (secondary N) is 1. The summed E-state index contributed by atoms with van der Waals surface area (Å²) in [5.74, 6) is -0.585. The normalized spacial score (nSPS) is 19.5. The molecule has 0 aliphatic carbocycles. The van der Waals surface area contributed by atoms with Gasteiger partial charge in [0.2, 0.25) is 11.8 Å². The average molecular weight is 298 g/mol. The van der Waals surface area contributed by atoms with Crippen molar-refractivity contribution in [2.24, 2.45) is 7.05 Å². The Kier molecular flexibility index (Phi) is 3.35. The van der Waals surface area contributed by atoms with E-state index in [1.165, 1.54) is 11.1 Å². The number of rotatable bonds is 1. The van der Waals surface area contributed by atoms with Crippen LogP contribution in [0.15, 0.2) is 24.4 Å². The number of carbonyl (C=O) groups excluding carboxylic acids is 2. The quantitative estimate of drug-likeness (QED) is 0.823. The third-order valence-corrected chi connectivity index (χ3v) is 4.46. The van der Waals surface area contributed by atoms with Crippen LogP contribution >= 0.6 is 0 Å². The molecule has 22 heavy (non-hydrogen) atoms. The topological polar surface area (TPSA) is 51.1 Å². The largest absolute Gasteiger partial charge is 0.350 e. The molecule has 0 bridgehead atoms. The van der Waals surface area contributed by atoms with Gasteiger partial charge >= 0.3 is 0 Å². The second-order valence-electron chi connectivity index (χ2n) is 7.15. The van der Waals surface area contributed by atoms with E-state index in [2.05, 4.69) is 48.9 Å². The van der Waals surface area contributed by atoms with Gasteiger partial charge in [0.25, 0.3) is 0 Å². The summed E-state index contributed by atoms with van der Waals surface area (Å²) in [5, 5.41) is 3.57. The standard InChI is InChI=1S/C18H22N2O2/c1-18(2,3)14-7-5-6-11-13(10-20(4)16(11)14)12-8-9-15(21)19-17(12)22/h5-7,10,12H,8-9H2,1-4H3,(H,19,21,22). The summed E-state index contributed by atoms with van der Waals surface area (Å²) >= 11 is 0. The van der Waals surface area contributed by atoms with Crippen LogP contribution in [0.2, 0.25) is 0 Å². The van der Waals surface area contributed by atoms with E-state index in [9.17, 15) is 9.59 Å². The molecule has 1 aliphatic rings. The van der Waals surface area contributed by atoms with E-state index >= 15 is 0 Å². The highest BCUT2D eigenvalue weighted by atomic mass is 16.2. The van der Waals surface area contributed by atoms with Crippen molar-refractivity contribution in [1.29, 1.82) is 0 Å². The van der Waals surface area contributed by atoms with Gasteiger partial charge in [-0.25, -0.2) is 0 Å². The van der Waals surface area contributed by atoms with E-state index in [-0.39, 0.29) is 23.1 Å². The number of piperidine rings is 1. The van der Waals surface area contributed by atoms with E-state index in [1.807, 2.05) is 13.2 Å². The predicted molar refractivity (Wildman–Crippen MR) is 86.7 cm³/mol. The second-order valence-corrected chi connectivity index (χ2v) is 7.15. The second kappa shape index (κ2) is 4.97. The van der Waals surface area contributed by atoms with Crippen LogP contribution in [0, 0.1) is 0 Å². The van der Waals surface area contributed by atoms with E-state index in [1.54, 1.807) is 0 Å². The molecule has 2 amide bonds. The van der Waals surface area contributed by atoms with Crippen molar-refractivity contribution in [3.63, 3.8) is 0 Å². The van der Waals surface area contributed by atoms with Crippen LogP contribution in [0.1, 0.15) is 50.7 Å². The fraction of sp³-hybridized carbons (Fsp3) is 0.444. The number of nitrogens with zero attached hydrogens (tertiary/aromatic N) is 1. The zero-order chi connectivity index (χ0) is 16.1. The van der Waals surface area contributed by atoms with Crippen molar-refractivity contribution in [3.05, 3.63) is 35.5 Å². The molecular weight excluding hydrogens is 276 g/mol. The van der Waals surface area contributed by atoms with Gasteiger partial charge in [0.05, 0.1) is 11.4 Å². The fourth-order valence-corrected chi connectivity index (χ4v) is 3.37. The highest BCUT2D eigenvalue weighted by Crippen LogP contribution is 2.36. The van der Waals surface area contributed by atoms with E-state index in [0.29, 0.717) is 12.8 Å². The van der Waals surface area contributed by atoms with Crippen molar-refractivity contribution in [2.45, 2.75) is 44.9 Å². The molecule has 116 valence electrons. The minimum Gasteiger partial charge on any atom is -0.350 e. The van der Waals surface area contributed by atoms with Gasteiger partial charge in [0.15, 0.2) is 0 Å². The molecule has 3 rings (SSSR count). The highest BCUT2D eigenvalue weighted by molar-refractivity contribution is 6.03. The van der Waals surface area contributed by atoms with Crippen molar-refractivity contribution >= 4 is 22.7 Å². The first kappa shape index (κ1) is 14.8. The Morgan fingerprint density at radius 3 is 2.59 bits per heavy atom. The van der Waals surface area contributed by atoms with Crippen molar-refractivity contribution < 1.29 is 9.59 Å². The van der Waals surface area contributed by atoms with Crippen LogP contribution in [0.25, 0.3) is 10.9 Å². The van der Waals surface area contributed by atoms with Gasteiger partial charge in [-0.2, -0.15) is 0 Å². The summed E-state index contributed by atoms with van der Waals surface area (Å²) < 4.78 is 2.11. The molecule has 2 heterocycles. The Hall–Kier alpha value is -2.10. The molecule has 0 spiro atoms. The first-order valence-electron chi connectivity index (χ1n) is 7.71. The number of para-hydroxylation sites is 1. The third kappa shape index (κ3) is 2.32. The van der Waals surface area contributed by atoms with E-state index in [4.69, 9.17) is 0 Å². The maximum atomic E-state index is 12.2. The number of fused-ring (bicyclic) bond motifs is 1. The van der Waals surface area contributed by atoms with Crippen LogP contribution in [0.5, 0.6) is 0 Å². The summed E-state index contributed by atoms with van der Waals surface area (Å²) in [7, 11) is 2.02. The molecule has 1 fully saturated rings. The highest BCUT2D eigenvalue weighted by Gasteiger charge is 2.31. The molecule has 0 radical (unpaired) electrons. The molecule has 1 aromatic heterocycles. The van der Waals surface area contributed by atoms with Crippen LogP contribution in [0.3, 0.4) is 0 Å². The summed E-state index contributed by atoms with van der Waals surface area (Å²) in [6.45, 7) is 6.58. The number of hydrogen-bond donors (Lipinski definition) is 1. The van der Waals surface area contributed by atoms with Crippen LogP contribution in [-0.2, 0) is 22.1 Å². The van der Waals surface area contributed by atoms with Crippen LogP contribution in [0.4, 0.5) is 0 Å². The average Bonchev–Trinajstić information content (AvgIpc) is 2.75. The lowest BCUT2D eigenvalue weighted by molar-refractivity contribution is -0.134. The molecule has 1 N–H and O–H groups in total. The number of aryl methyl sites for hydroxylation is 1. The van der Waals surface area contributed by atoms with Crippen molar-refractivity contribution in [3.8, 4) is 0 Å². The lowest BCUT2D eigenvalue weighted by Gasteiger charge is -2.22. The summed E-state index contributed by atoms with van der Waals surface area (Å²) in [6, 6.07) is 6.28. The van der Waals surface area contributed by atoms with Gasteiger partial charge in [-0.1, -0.05) is 39.0 Å². The number of carbonyl (C=O) groups is 2. The first-order valence-corrected chi connectivity index (χ1v) is 7.71. The molecule has 4 heteroatoms. The maximum Gasteiger partial charge on any atom is 0.234 e. The molecule has 2 aromatic rings. The maximum absolute atomic E-state index is 12.2. The third-order valence-electron chi connectivity index (χ3n) is 4.46. The zero-order valence-electron chi connectivity index (χ0n) is 13.6. The minimum atomic E-state index is -0.239. The zero-order valence-corrected chi connectivity index (χ0v) is 13.6. The first-order chi connectivity index (χ1) is 10.3. The van der Waals surface area contributed by atoms with Crippen LogP contribution < -0.4 is 5.32 Å². The van der Waals surface area contributed by atoms with Crippen molar-refractivity contribution in [1.82, 2.24) is 9.88 Å². The van der Waals surface area contributed by atoms with Gasteiger partial charge in [-0.15, -0.1) is 0 Å². The Bertz CT molecular complexity index is 765. The molecular formula is C18H22N2O2. The van der Waals surface area contributed by atoms with E-state index < -0.39 is 0 Å². The summed E-state index contributed by atoms with van der Waals surface area (Å²) in [4.78, 5) is 23.6. The summed E-state index contributed by atoms with van der Waals surface area (Å²) in [6.07, 6.45) is 3.04. The molecule has 1 aromatic carbocycles. The molecule has 1 atom stereocenters. The van der Waals surface area contributed by atoms with Gasteiger partial charge in [0, 0.05) is 25.1 Å². The monoisotopic (exact) mass is 298 g/mol. The Morgan fingerprint density at radius 1 is 1.23 bits per heavy atom. The number of hydrogen-bond acceptors (Lipinski definition) is 2. The summed E-state index contributed by atoms with van der Waals surface area (Å²) in [5.41, 5.74) is 3.50. The molecule has 1 aliphatic heterocycles. The Labute approximate surface area is 130 Å². The number of benzene rings is 1. The van der Waals surface area contributed by atoms with Gasteiger partial charge in [-0.3, -0.25) is 14.9 Å². The molecule has 0 saturated carbocycles. The molecule has 1 saturated heterocycles. The smallest absolute Gasteiger partial charge is 0.234 e. The van der Waals surface area contributed by atoms with E-state index in [0.717, 1.165) is 10.9 Å². The van der Waals surface area contributed by atoms with Gasteiger partial charge in [0.1, 0.15) is 0 Å². The lowest BCUT2D eigenvalue weighted by Crippen LogP contribution is -2.39. The fourth-order valence-electron chi connectivity index (χ4n) is 3.37. The van der Waals surface area contributed by atoms with Crippen LogP contribution in [-0.4, -0.2) is 16.4 Å². The molecule has 4 nitrogen and oxygen atoms in total.